The second kappa shape index (κ2) is 6.03. The number of ether oxygens (including phenoxy) is 1. The molecule has 2 rings (SSSR count). The van der Waals surface area contributed by atoms with E-state index in [0.29, 0.717) is 6.10 Å². The van der Waals surface area contributed by atoms with Crippen LogP contribution >= 0.6 is 0 Å². The lowest BCUT2D eigenvalue weighted by atomic mass is 10.1. The van der Waals surface area contributed by atoms with Crippen molar-refractivity contribution in [3.05, 3.63) is 29.8 Å². The minimum Gasteiger partial charge on any atom is -0.376 e. The Kier molecular flexibility index (Phi) is 4.40. The lowest BCUT2D eigenvalue weighted by Crippen LogP contribution is -2.29. The van der Waals surface area contributed by atoms with Crippen molar-refractivity contribution >= 4 is 5.69 Å². The third-order valence-electron chi connectivity index (χ3n) is 3.27. The molecule has 1 aromatic rings. The Balaban J connectivity index is 2.03. The number of hydrogen-bond donors (Lipinski definition) is 1. The summed E-state index contributed by atoms with van der Waals surface area (Å²) in [4.78, 5) is 2.31. The molecule has 0 radical (unpaired) electrons. The van der Waals surface area contributed by atoms with Crippen molar-refractivity contribution < 1.29 is 4.74 Å². The fourth-order valence-electron chi connectivity index (χ4n) is 2.42. The molecule has 1 aliphatic rings. The molecular formula is C14H22N2O. The summed E-state index contributed by atoms with van der Waals surface area (Å²) in [5.74, 6) is 0. The van der Waals surface area contributed by atoms with E-state index in [-0.39, 0.29) is 0 Å². The predicted octanol–water partition coefficient (Wildman–Crippen LogP) is 2.02. The Bertz CT molecular complexity index is 348. The summed E-state index contributed by atoms with van der Waals surface area (Å²) in [5, 5.41) is 3.21. The monoisotopic (exact) mass is 234 g/mol. The lowest BCUT2D eigenvalue weighted by molar-refractivity contribution is 0.116. The van der Waals surface area contributed by atoms with Gasteiger partial charge in [0.05, 0.1) is 6.10 Å². The van der Waals surface area contributed by atoms with Gasteiger partial charge in [-0.1, -0.05) is 18.2 Å². The highest BCUT2D eigenvalue weighted by atomic mass is 16.5. The average Bonchev–Trinajstić information content (AvgIpc) is 2.83. The molecule has 3 heteroatoms. The van der Waals surface area contributed by atoms with Gasteiger partial charge in [-0.2, -0.15) is 0 Å². The van der Waals surface area contributed by atoms with Crippen LogP contribution in [0.3, 0.4) is 0 Å². The summed E-state index contributed by atoms with van der Waals surface area (Å²) in [6.45, 7) is 2.82. The molecule has 3 nitrogen and oxygen atoms in total. The molecule has 0 amide bonds. The highest BCUT2D eigenvalue weighted by molar-refractivity contribution is 5.53. The maximum atomic E-state index is 5.69. The highest BCUT2D eigenvalue weighted by Crippen LogP contribution is 2.21. The number of anilines is 1. The van der Waals surface area contributed by atoms with Crippen molar-refractivity contribution in [1.29, 1.82) is 0 Å². The molecule has 0 saturated carbocycles. The Hall–Kier alpha value is -1.06. The largest absolute Gasteiger partial charge is 0.376 e. The van der Waals surface area contributed by atoms with Crippen LogP contribution in [0.4, 0.5) is 5.69 Å². The molecular weight excluding hydrogens is 212 g/mol. The van der Waals surface area contributed by atoms with Crippen LogP contribution in [0.2, 0.25) is 0 Å². The fraction of sp³-hybridized carbons (Fsp3) is 0.571. The molecule has 94 valence electrons. The number of likely N-dealkylation sites (N-methyl/N-ethyl adjacent to an activating group) is 1. The van der Waals surface area contributed by atoms with Crippen molar-refractivity contribution in [2.75, 3.05) is 32.1 Å². The lowest BCUT2D eigenvalue weighted by Gasteiger charge is -2.25. The molecule has 0 bridgehead atoms. The van der Waals surface area contributed by atoms with Gasteiger partial charge in [0.25, 0.3) is 0 Å². The molecule has 1 atom stereocenters. The van der Waals surface area contributed by atoms with E-state index in [1.165, 1.54) is 24.1 Å². The normalized spacial score (nSPS) is 19.5. The number of benzene rings is 1. The maximum Gasteiger partial charge on any atom is 0.0750 e. The molecule has 1 aromatic carbocycles. The van der Waals surface area contributed by atoms with Gasteiger partial charge in [0, 0.05) is 32.4 Å². The zero-order valence-electron chi connectivity index (χ0n) is 10.8. The third-order valence-corrected chi connectivity index (χ3v) is 3.27. The molecule has 0 aliphatic carbocycles. The fourth-order valence-corrected chi connectivity index (χ4v) is 2.42. The van der Waals surface area contributed by atoms with Crippen LogP contribution in [0, 0.1) is 0 Å². The molecule has 1 heterocycles. The van der Waals surface area contributed by atoms with Crippen molar-refractivity contribution in [1.82, 2.24) is 5.32 Å². The van der Waals surface area contributed by atoms with E-state index in [0.717, 1.165) is 19.7 Å². The molecule has 1 unspecified atom stereocenters. The van der Waals surface area contributed by atoms with E-state index in [9.17, 15) is 0 Å². The Morgan fingerprint density at radius 2 is 2.24 bits per heavy atom. The van der Waals surface area contributed by atoms with E-state index < -0.39 is 0 Å². The first-order chi connectivity index (χ1) is 8.31. The van der Waals surface area contributed by atoms with Crippen LogP contribution < -0.4 is 10.2 Å². The van der Waals surface area contributed by atoms with Crippen LogP contribution in [-0.2, 0) is 11.3 Å². The van der Waals surface area contributed by atoms with Gasteiger partial charge in [0.15, 0.2) is 0 Å². The van der Waals surface area contributed by atoms with Gasteiger partial charge < -0.3 is 15.0 Å². The Labute approximate surface area is 104 Å². The summed E-state index contributed by atoms with van der Waals surface area (Å²) in [6, 6.07) is 8.55. The van der Waals surface area contributed by atoms with Crippen LogP contribution in [0.15, 0.2) is 24.3 Å². The summed E-state index contributed by atoms with van der Waals surface area (Å²) in [5.41, 5.74) is 2.65. The van der Waals surface area contributed by atoms with Crippen LogP contribution in [0.25, 0.3) is 0 Å². The third kappa shape index (κ3) is 3.20. The van der Waals surface area contributed by atoms with E-state index in [1.807, 2.05) is 7.05 Å². The molecule has 1 N–H and O–H groups in total. The second-order valence-electron chi connectivity index (χ2n) is 4.67. The van der Waals surface area contributed by atoms with Crippen molar-refractivity contribution in [3.8, 4) is 0 Å². The summed E-state index contributed by atoms with van der Waals surface area (Å²) in [6.07, 6.45) is 2.80. The van der Waals surface area contributed by atoms with Crippen LogP contribution in [-0.4, -0.2) is 33.4 Å². The summed E-state index contributed by atoms with van der Waals surface area (Å²) in [7, 11) is 4.13. The Morgan fingerprint density at radius 1 is 1.41 bits per heavy atom. The smallest absolute Gasteiger partial charge is 0.0750 e. The zero-order valence-corrected chi connectivity index (χ0v) is 10.8. The maximum absolute atomic E-state index is 5.69. The molecule has 17 heavy (non-hydrogen) atoms. The van der Waals surface area contributed by atoms with Gasteiger partial charge in [0.2, 0.25) is 0 Å². The van der Waals surface area contributed by atoms with E-state index in [1.54, 1.807) is 0 Å². The molecule has 1 saturated heterocycles. The minimum absolute atomic E-state index is 0.405. The van der Waals surface area contributed by atoms with Gasteiger partial charge in [-0.15, -0.1) is 0 Å². The van der Waals surface area contributed by atoms with Crippen LogP contribution in [0.1, 0.15) is 18.4 Å². The number of para-hydroxylation sites is 1. The zero-order chi connectivity index (χ0) is 12.1. The average molecular weight is 234 g/mol. The number of nitrogens with one attached hydrogen (secondary N) is 1. The molecule has 1 fully saturated rings. The summed E-state index contributed by atoms with van der Waals surface area (Å²) >= 11 is 0. The van der Waals surface area contributed by atoms with Crippen LogP contribution in [0.5, 0.6) is 0 Å². The van der Waals surface area contributed by atoms with Gasteiger partial charge in [0.1, 0.15) is 0 Å². The van der Waals surface area contributed by atoms with Crippen molar-refractivity contribution in [2.24, 2.45) is 0 Å². The van der Waals surface area contributed by atoms with Gasteiger partial charge in [-0.05, 0) is 31.5 Å². The second-order valence-corrected chi connectivity index (χ2v) is 4.67. The topological polar surface area (TPSA) is 24.5 Å². The molecule has 0 aromatic heterocycles. The van der Waals surface area contributed by atoms with E-state index >= 15 is 0 Å². The number of hydrogen-bond acceptors (Lipinski definition) is 3. The minimum atomic E-state index is 0.405. The van der Waals surface area contributed by atoms with Gasteiger partial charge in [-0.25, -0.2) is 0 Å². The first-order valence-electron chi connectivity index (χ1n) is 6.36. The molecule has 1 aliphatic heterocycles. The van der Waals surface area contributed by atoms with E-state index in [2.05, 4.69) is 41.5 Å². The molecule has 0 spiro atoms. The first kappa shape index (κ1) is 12.4. The predicted molar refractivity (Wildman–Crippen MR) is 71.4 cm³/mol. The number of nitrogens with zero attached hydrogens (tertiary/aromatic N) is 1. The Morgan fingerprint density at radius 3 is 2.94 bits per heavy atom. The SMILES string of the molecule is CNCc1ccccc1N(C)CC1CCCO1. The van der Waals surface area contributed by atoms with Gasteiger partial charge in [-0.3, -0.25) is 0 Å². The first-order valence-corrected chi connectivity index (χ1v) is 6.36. The highest BCUT2D eigenvalue weighted by Gasteiger charge is 2.18. The summed E-state index contributed by atoms with van der Waals surface area (Å²) < 4.78 is 5.69. The quantitative estimate of drug-likeness (QED) is 0.843. The van der Waals surface area contributed by atoms with E-state index in [4.69, 9.17) is 4.74 Å². The number of rotatable bonds is 5. The van der Waals surface area contributed by atoms with Crippen molar-refractivity contribution in [3.63, 3.8) is 0 Å². The standard InChI is InChI=1S/C14H22N2O/c1-15-10-12-6-3-4-8-14(12)16(2)11-13-7-5-9-17-13/h3-4,6,8,13,15H,5,7,9-11H2,1-2H3. The van der Waals surface area contributed by atoms with Crippen molar-refractivity contribution in [2.45, 2.75) is 25.5 Å². The van der Waals surface area contributed by atoms with Gasteiger partial charge >= 0.3 is 0 Å².